The van der Waals surface area contributed by atoms with Gasteiger partial charge in [0, 0.05) is 11.6 Å². The molecule has 0 aliphatic carbocycles. The van der Waals surface area contributed by atoms with Crippen molar-refractivity contribution >= 4 is 34.7 Å². The molecule has 5 nitrogen and oxygen atoms in total. The van der Waals surface area contributed by atoms with Gasteiger partial charge in [-0.05, 0) is 24.3 Å². The van der Waals surface area contributed by atoms with Gasteiger partial charge in [0.25, 0.3) is 5.91 Å². The van der Waals surface area contributed by atoms with Crippen LogP contribution in [0.2, 0.25) is 5.02 Å². The minimum Gasteiger partial charge on any atom is -0.484 e. The van der Waals surface area contributed by atoms with Gasteiger partial charge in [-0.3, -0.25) is 4.79 Å². The van der Waals surface area contributed by atoms with Crippen molar-refractivity contribution in [2.75, 3.05) is 26.3 Å². The third-order valence-electron chi connectivity index (χ3n) is 2.91. The summed E-state index contributed by atoms with van der Waals surface area (Å²) in [6.45, 7) is 1.28. The molecule has 1 aliphatic rings. The normalized spacial score (nSPS) is 18.6. The molecule has 0 radical (unpaired) electrons. The number of thiocarbonyl (C=S) groups is 1. The number of carbonyl (C=O) groups excluding carboxylic acids is 1. The largest absolute Gasteiger partial charge is 0.484 e. The standard InChI is InChI=1S/C13H15ClN2O3S/c14-9-1-3-10(4-2-9)19-8-12(17)16-5-6-18-11(7-16)13(15)20/h1-4,11H,5-8H2,(H2,15,20). The number of carbonyl (C=O) groups is 1. The zero-order valence-corrected chi connectivity index (χ0v) is 12.3. The van der Waals surface area contributed by atoms with Gasteiger partial charge in [0.15, 0.2) is 6.61 Å². The van der Waals surface area contributed by atoms with Gasteiger partial charge in [-0.15, -0.1) is 0 Å². The Hall–Kier alpha value is -1.37. The summed E-state index contributed by atoms with van der Waals surface area (Å²) in [4.78, 5) is 13.9. The number of rotatable bonds is 4. The van der Waals surface area contributed by atoms with E-state index < -0.39 is 0 Å². The Morgan fingerprint density at radius 1 is 1.50 bits per heavy atom. The van der Waals surface area contributed by atoms with Crippen molar-refractivity contribution in [3.05, 3.63) is 29.3 Å². The number of morpholine rings is 1. The topological polar surface area (TPSA) is 64.8 Å². The molecule has 2 rings (SSSR count). The minimum atomic E-state index is -0.377. The first-order chi connectivity index (χ1) is 9.56. The third kappa shape index (κ3) is 4.06. The number of hydrogen-bond donors (Lipinski definition) is 1. The molecule has 1 saturated heterocycles. The number of halogens is 1. The maximum absolute atomic E-state index is 12.0. The molecule has 0 saturated carbocycles. The SMILES string of the molecule is NC(=S)C1CN(C(=O)COc2ccc(Cl)cc2)CCO1. The van der Waals surface area contributed by atoms with Gasteiger partial charge in [0.2, 0.25) is 0 Å². The van der Waals surface area contributed by atoms with E-state index in [4.69, 9.17) is 39.0 Å². The Kier molecular flexibility index (Phi) is 5.17. The fourth-order valence-corrected chi connectivity index (χ4v) is 2.08. The highest BCUT2D eigenvalue weighted by atomic mass is 35.5. The molecule has 2 N–H and O–H groups in total. The predicted octanol–water partition coefficient (Wildman–Crippen LogP) is 1.23. The molecule has 0 aromatic heterocycles. The first-order valence-corrected chi connectivity index (χ1v) is 6.92. The highest BCUT2D eigenvalue weighted by Crippen LogP contribution is 2.15. The van der Waals surface area contributed by atoms with Gasteiger partial charge >= 0.3 is 0 Å². The quantitative estimate of drug-likeness (QED) is 0.847. The Morgan fingerprint density at radius 2 is 2.20 bits per heavy atom. The van der Waals surface area contributed by atoms with Gasteiger partial charge in [-0.1, -0.05) is 23.8 Å². The fourth-order valence-electron chi connectivity index (χ4n) is 1.82. The monoisotopic (exact) mass is 314 g/mol. The number of amides is 1. The average molecular weight is 315 g/mol. The van der Waals surface area contributed by atoms with Crippen LogP contribution in [0.3, 0.4) is 0 Å². The summed E-state index contributed by atoms with van der Waals surface area (Å²) in [6, 6.07) is 6.84. The molecule has 20 heavy (non-hydrogen) atoms. The molecule has 7 heteroatoms. The molecule has 1 aliphatic heterocycles. The summed E-state index contributed by atoms with van der Waals surface area (Å²) < 4.78 is 10.8. The lowest BCUT2D eigenvalue weighted by Gasteiger charge is -2.32. The Bertz CT molecular complexity index is 495. The van der Waals surface area contributed by atoms with Crippen molar-refractivity contribution in [1.29, 1.82) is 0 Å². The number of benzene rings is 1. The number of nitrogens with two attached hydrogens (primary N) is 1. The summed E-state index contributed by atoms with van der Waals surface area (Å²) in [7, 11) is 0. The molecule has 0 spiro atoms. The van der Waals surface area contributed by atoms with Crippen molar-refractivity contribution < 1.29 is 14.3 Å². The predicted molar refractivity (Wildman–Crippen MR) is 80.1 cm³/mol. The first kappa shape index (κ1) is 15.0. The van der Waals surface area contributed by atoms with Crippen LogP contribution in [0.15, 0.2) is 24.3 Å². The van der Waals surface area contributed by atoms with Crippen molar-refractivity contribution in [2.45, 2.75) is 6.10 Å². The van der Waals surface area contributed by atoms with Crippen LogP contribution in [-0.4, -0.2) is 48.2 Å². The molecule has 1 atom stereocenters. The zero-order chi connectivity index (χ0) is 14.5. The lowest BCUT2D eigenvalue weighted by atomic mass is 10.2. The smallest absolute Gasteiger partial charge is 0.260 e. The molecule has 1 heterocycles. The second kappa shape index (κ2) is 6.88. The number of hydrogen-bond acceptors (Lipinski definition) is 4. The summed E-state index contributed by atoms with van der Waals surface area (Å²) >= 11 is 10.7. The Morgan fingerprint density at radius 3 is 2.85 bits per heavy atom. The van der Waals surface area contributed by atoms with Crippen molar-refractivity contribution in [2.24, 2.45) is 5.73 Å². The van der Waals surface area contributed by atoms with Crippen LogP contribution in [-0.2, 0) is 9.53 Å². The van der Waals surface area contributed by atoms with Crippen LogP contribution in [0.25, 0.3) is 0 Å². The maximum atomic E-state index is 12.0. The third-order valence-corrected chi connectivity index (χ3v) is 3.43. The highest BCUT2D eigenvalue weighted by Gasteiger charge is 2.25. The molecule has 1 aromatic rings. The van der Waals surface area contributed by atoms with E-state index in [1.54, 1.807) is 29.2 Å². The van der Waals surface area contributed by atoms with Gasteiger partial charge in [0.05, 0.1) is 13.2 Å². The second-order valence-electron chi connectivity index (χ2n) is 4.34. The van der Waals surface area contributed by atoms with Crippen LogP contribution in [0.4, 0.5) is 0 Å². The molecular weight excluding hydrogens is 300 g/mol. The van der Waals surface area contributed by atoms with E-state index in [2.05, 4.69) is 0 Å². The molecular formula is C13H15ClN2O3S. The lowest BCUT2D eigenvalue weighted by Crippen LogP contribution is -2.51. The van der Waals surface area contributed by atoms with E-state index in [1.807, 2.05) is 0 Å². The summed E-state index contributed by atoms with van der Waals surface area (Å²) in [5.41, 5.74) is 5.53. The Labute approximate surface area is 127 Å². The highest BCUT2D eigenvalue weighted by molar-refractivity contribution is 7.80. The van der Waals surface area contributed by atoms with Gasteiger partial charge in [-0.25, -0.2) is 0 Å². The molecule has 1 aromatic carbocycles. The average Bonchev–Trinajstić information content (AvgIpc) is 2.46. The van der Waals surface area contributed by atoms with Crippen LogP contribution >= 0.6 is 23.8 Å². The molecule has 1 unspecified atom stereocenters. The lowest BCUT2D eigenvalue weighted by molar-refractivity contribution is -0.138. The molecule has 1 fully saturated rings. The number of ether oxygens (including phenoxy) is 2. The van der Waals surface area contributed by atoms with Gasteiger partial charge in [-0.2, -0.15) is 0 Å². The molecule has 108 valence electrons. The van der Waals surface area contributed by atoms with Crippen molar-refractivity contribution in [1.82, 2.24) is 4.90 Å². The van der Waals surface area contributed by atoms with Gasteiger partial charge < -0.3 is 20.1 Å². The van der Waals surface area contributed by atoms with E-state index in [0.29, 0.717) is 30.5 Å². The van der Waals surface area contributed by atoms with E-state index in [0.717, 1.165) is 0 Å². The van der Waals surface area contributed by atoms with Crippen LogP contribution in [0.5, 0.6) is 5.75 Å². The summed E-state index contributed by atoms with van der Waals surface area (Å²) in [5, 5.41) is 0.621. The second-order valence-corrected chi connectivity index (χ2v) is 5.25. The summed E-state index contributed by atoms with van der Waals surface area (Å²) in [6.07, 6.45) is -0.377. The van der Waals surface area contributed by atoms with Gasteiger partial charge in [0.1, 0.15) is 16.8 Å². The number of nitrogens with zero attached hydrogens (tertiary/aromatic N) is 1. The van der Waals surface area contributed by atoms with Crippen molar-refractivity contribution in [3.8, 4) is 5.75 Å². The van der Waals surface area contributed by atoms with Crippen LogP contribution in [0, 0.1) is 0 Å². The zero-order valence-electron chi connectivity index (χ0n) is 10.8. The maximum Gasteiger partial charge on any atom is 0.260 e. The van der Waals surface area contributed by atoms with Crippen molar-refractivity contribution in [3.63, 3.8) is 0 Å². The molecule has 1 amide bonds. The molecule has 0 bridgehead atoms. The summed E-state index contributed by atoms with van der Waals surface area (Å²) in [5.74, 6) is 0.478. The van der Waals surface area contributed by atoms with E-state index >= 15 is 0 Å². The minimum absolute atomic E-state index is 0.0360. The van der Waals surface area contributed by atoms with E-state index in [1.165, 1.54) is 0 Å². The van der Waals surface area contributed by atoms with Crippen LogP contribution < -0.4 is 10.5 Å². The van der Waals surface area contributed by atoms with E-state index in [9.17, 15) is 4.79 Å². The first-order valence-electron chi connectivity index (χ1n) is 6.13. The van der Waals surface area contributed by atoms with Crippen LogP contribution in [0.1, 0.15) is 0 Å². The Balaban J connectivity index is 1.85. The van der Waals surface area contributed by atoms with E-state index in [-0.39, 0.29) is 23.6 Å². The fraction of sp³-hybridized carbons (Fsp3) is 0.385.